The van der Waals surface area contributed by atoms with Crippen molar-refractivity contribution in [1.29, 1.82) is 0 Å². The number of unbranched alkanes of at least 4 members (excludes halogenated alkanes) is 5. The topological polar surface area (TPSA) is 140 Å². The zero-order valence-electron chi connectivity index (χ0n) is 22.1. The number of carbonyl (C=O) groups excluding carboxylic acids is 2. The highest BCUT2D eigenvalue weighted by Crippen LogP contribution is 2.19. The van der Waals surface area contributed by atoms with Gasteiger partial charge in [-0.1, -0.05) is 62.1 Å². The Morgan fingerprint density at radius 3 is 2.51 bits per heavy atom. The maximum absolute atomic E-state index is 12.5. The minimum absolute atomic E-state index is 0.121. The van der Waals surface area contributed by atoms with Crippen LogP contribution in [0, 0.1) is 10.1 Å². The molecule has 3 amide bonds. The molecule has 39 heavy (non-hydrogen) atoms. The smallest absolute Gasteiger partial charge is 0.400 e. The van der Waals surface area contributed by atoms with Crippen LogP contribution in [0.2, 0.25) is 0 Å². The minimum Gasteiger partial charge on any atom is -0.400 e. The van der Waals surface area contributed by atoms with Crippen molar-refractivity contribution in [2.75, 3.05) is 13.1 Å². The van der Waals surface area contributed by atoms with E-state index in [0.29, 0.717) is 13.0 Å². The van der Waals surface area contributed by atoms with E-state index in [-0.39, 0.29) is 18.2 Å². The predicted molar refractivity (Wildman–Crippen MR) is 144 cm³/mol. The van der Waals surface area contributed by atoms with E-state index in [1.165, 1.54) is 48.1 Å². The van der Waals surface area contributed by atoms with E-state index >= 15 is 0 Å². The first-order valence-corrected chi connectivity index (χ1v) is 13.3. The van der Waals surface area contributed by atoms with Gasteiger partial charge in [-0.05, 0) is 37.3 Å². The molecule has 1 saturated heterocycles. The largest absolute Gasteiger partial charge is 0.433 e. The summed E-state index contributed by atoms with van der Waals surface area (Å²) in [6.07, 6.45) is 11.3. The SMILES string of the molecule is CCCCCc1ccc(-c2cn(CCCCCCN3C(=O)CN(/N=C/c4ccc([N+](=O)[O-])o4)C3=O)nn2)cc1. The zero-order chi connectivity index (χ0) is 27.6. The average molecular weight is 536 g/mol. The van der Waals surface area contributed by atoms with Gasteiger partial charge in [0, 0.05) is 18.7 Å². The van der Waals surface area contributed by atoms with Gasteiger partial charge in [0.1, 0.15) is 17.2 Å². The van der Waals surface area contributed by atoms with Crippen molar-refractivity contribution < 1.29 is 18.9 Å². The summed E-state index contributed by atoms with van der Waals surface area (Å²) >= 11 is 0. The molecular formula is C27H33N7O5. The van der Waals surface area contributed by atoms with Crippen LogP contribution >= 0.6 is 0 Å². The molecule has 0 unspecified atom stereocenters. The number of aromatic nitrogens is 3. The van der Waals surface area contributed by atoms with E-state index in [4.69, 9.17) is 4.42 Å². The first kappa shape index (κ1) is 27.7. The molecule has 2 aromatic heterocycles. The van der Waals surface area contributed by atoms with Gasteiger partial charge in [-0.2, -0.15) is 5.10 Å². The third kappa shape index (κ3) is 7.59. The summed E-state index contributed by atoms with van der Waals surface area (Å²) in [6, 6.07) is 10.6. The number of nitro groups is 1. The number of carbonyl (C=O) groups is 2. The number of furan rings is 1. The number of aryl methyl sites for hydroxylation is 2. The molecule has 4 rings (SSSR count). The molecule has 12 nitrogen and oxygen atoms in total. The standard InChI is InChI=1S/C27H33N7O5/c1-2-3-6-9-21-10-12-22(13-11-21)24-19-31(30-29-24)16-7-4-5-8-17-32-25(35)20-33(27(32)36)28-18-23-14-15-26(39-23)34(37)38/h10-15,18-19H,2-9,16-17,20H2,1H3/b28-18+. The molecule has 12 heteroatoms. The summed E-state index contributed by atoms with van der Waals surface area (Å²) in [5, 5.41) is 24.2. The minimum atomic E-state index is -0.665. The van der Waals surface area contributed by atoms with Crippen molar-refractivity contribution >= 4 is 24.0 Å². The highest BCUT2D eigenvalue weighted by molar-refractivity contribution is 6.02. The van der Waals surface area contributed by atoms with E-state index < -0.39 is 16.8 Å². The van der Waals surface area contributed by atoms with Crippen LogP contribution < -0.4 is 0 Å². The molecule has 1 aliphatic heterocycles. The molecule has 1 aliphatic rings. The van der Waals surface area contributed by atoms with Crippen molar-refractivity contribution in [1.82, 2.24) is 24.9 Å². The highest BCUT2D eigenvalue weighted by atomic mass is 16.6. The summed E-state index contributed by atoms with van der Waals surface area (Å²) in [6.45, 7) is 3.10. The van der Waals surface area contributed by atoms with Gasteiger partial charge in [0.2, 0.25) is 0 Å². The molecule has 0 bridgehead atoms. The summed E-state index contributed by atoms with van der Waals surface area (Å²) in [4.78, 5) is 36.0. The number of urea groups is 1. The number of imide groups is 1. The zero-order valence-corrected chi connectivity index (χ0v) is 22.1. The summed E-state index contributed by atoms with van der Waals surface area (Å²) in [7, 11) is 0. The monoisotopic (exact) mass is 535 g/mol. The maximum atomic E-state index is 12.5. The molecule has 0 atom stereocenters. The lowest BCUT2D eigenvalue weighted by molar-refractivity contribution is -0.402. The first-order chi connectivity index (χ1) is 18.9. The molecular weight excluding hydrogens is 502 g/mol. The number of amides is 3. The van der Waals surface area contributed by atoms with Gasteiger partial charge in [-0.15, -0.1) is 5.10 Å². The number of nitrogens with zero attached hydrogens (tertiary/aromatic N) is 7. The van der Waals surface area contributed by atoms with Gasteiger partial charge in [0.15, 0.2) is 5.76 Å². The normalized spacial score (nSPS) is 13.8. The first-order valence-electron chi connectivity index (χ1n) is 13.3. The maximum Gasteiger partial charge on any atom is 0.433 e. The Bertz CT molecular complexity index is 1300. The van der Waals surface area contributed by atoms with E-state index in [0.717, 1.165) is 48.5 Å². The average Bonchev–Trinajstić information content (AvgIpc) is 3.66. The second kappa shape index (κ2) is 13.4. The Hall–Kier alpha value is -4.35. The number of rotatable bonds is 15. The van der Waals surface area contributed by atoms with E-state index in [1.807, 2.05) is 10.9 Å². The molecule has 0 saturated carbocycles. The van der Waals surface area contributed by atoms with Crippen LogP contribution in [0.4, 0.5) is 10.7 Å². The fourth-order valence-electron chi connectivity index (χ4n) is 4.33. The molecule has 0 spiro atoms. The Morgan fingerprint density at radius 1 is 1.03 bits per heavy atom. The molecule has 3 aromatic rings. The molecule has 206 valence electrons. The molecule has 0 radical (unpaired) electrons. The lowest BCUT2D eigenvalue weighted by Gasteiger charge is -2.13. The van der Waals surface area contributed by atoms with Crippen LogP contribution in [0.3, 0.4) is 0 Å². The lowest BCUT2D eigenvalue weighted by atomic mass is 10.0. The van der Waals surface area contributed by atoms with Crippen molar-refractivity contribution in [3.8, 4) is 11.3 Å². The van der Waals surface area contributed by atoms with E-state index in [1.54, 1.807) is 0 Å². The Balaban J connectivity index is 1.14. The molecule has 1 aromatic carbocycles. The number of hydrazone groups is 1. The molecule has 1 fully saturated rings. The fourth-order valence-corrected chi connectivity index (χ4v) is 4.33. The van der Waals surface area contributed by atoms with Crippen LogP contribution in [0.1, 0.15) is 63.2 Å². The fraction of sp³-hybridized carbons (Fsp3) is 0.444. The van der Waals surface area contributed by atoms with Crippen LogP contribution in [-0.2, 0) is 17.8 Å². The lowest BCUT2D eigenvalue weighted by Crippen LogP contribution is -2.32. The number of benzene rings is 1. The Kier molecular flexibility index (Phi) is 9.54. The number of hydrogen-bond donors (Lipinski definition) is 0. The van der Waals surface area contributed by atoms with Crippen molar-refractivity contribution in [2.24, 2.45) is 5.10 Å². The Morgan fingerprint density at radius 2 is 1.79 bits per heavy atom. The summed E-state index contributed by atoms with van der Waals surface area (Å²) in [5.74, 6) is -0.628. The van der Waals surface area contributed by atoms with Gasteiger partial charge < -0.3 is 4.42 Å². The van der Waals surface area contributed by atoms with Gasteiger partial charge in [-0.3, -0.25) is 24.5 Å². The third-order valence-corrected chi connectivity index (χ3v) is 6.53. The third-order valence-electron chi connectivity index (χ3n) is 6.53. The van der Waals surface area contributed by atoms with Crippen LogP contribution in [0.15, 0.2) is 52.1 Å². The van der Waals surface area contributed by atoms with Crippen molar-refractivity contribution in [3.05, 3.63) is 64.0 Å². The highest BCUT2D eigenvalue weighted by Gasteiger charge is 2.35. The Labute approximate surface area is 226 Å². The second-order valence-corrected chi connectivity index (χ2v) is 9.50. The predicted octanol–water partition coefficient (Wildman–Crippen LogP) is 5.04. The van der Waals surface area contributed by atoms with Gasteiger partial charge >= 0.3 is 11.9 Å². The van der Waals surface area contributed by atoms with Crippen LogP contribution in [0.5, 0.6) is 0 Å². The summed E-state index contributed by atoms with van der Waals surface area (Å²) in [5.41, 5.74) is 3.27. The van der Waals surface area contributed by atoms with Gasteiger partial charge in [0.05, 0.1) is 18.5 Å². The van der Waals surface area contributed by atoms with Gasteiger partial charge in [0.25, 0.3) is 5.91 Å². The van der Waals surface area contributed by atoms with Gasteiger partial charge in [-0.25, -0.2) is 9.80 Å². The van der Waals surface area contributed by atoms with Crippen molar-refractivity contribution in [3.63, 3.8) is 0 Å². The van der Waals surface area contributed by atoms with E-state index in [9.17, 15) is 19.7 Å². The summed E-state index contributed by atoms with van der Waals surface area (Å²) < 4.78 is 6.82. The van der Waals surface area contributed by atoms with Crippen LogP contribution in [0.25, 0.3) is 11.3 Å². The number of hydrogen-bond acceptors (Lipinski definition) is 8. The van der Waals surface area contributed by atoms with E-state index in [2.05, 4.69) is 46.6 Å². The van der Waals surface area contributed by atoms with Crippen molar-refractivity contribution in [2.45, 2.75) is 64.8 Å². The molecule has 0 aliphatic carbocycles. The quantitative estimate of drug-likeness (QED) is 0.0873. The second-order valence-electron chi connectivity index (χ2n) is 9.50. The molecule has 3 heterocycles. The van der Waals surface area contributed by atoms with Crippen LogP contribution in [-0.4, -0.2) is 61.1 Å². The molecule has 0 N–H and O–H groups in total.